The summed E-state index contributed by atoms with van der Waals surface area (Å²) in [5.41, 5.74) is 5.65. The molecule has 1 amide bonds. The van der Waals surface area contributed by atoms with Crippen LogP contribution in [0.25, 0.3) is 0 Å². The highest BCUT2D eigenvalue weighted by atomic mass is 32.1. The van der Waals surface area contributed by atoms with Crippen molar-refractivity contribution in [2.45, 2.75) is 12.6 Å². The van der Waals surface area contributed by atoms with E-state index in [1.807, 2.05) is 17.5 Å². The van der Waals surface area contributed by atoms with Crippen LogP contribution in [0, 0.1) is 0 Å². The van der Waals surface area contributed by atoms with Crippen LogP contribution in [-0.4, -0.2) is 28.9 Å². The standard InChI is InChI=1S/C12H14N4OS2/c13-12-15-6-8(19-12)7-16-4-3-14-11(17)10(16)9-2-1-5-18-9/h1-2,5-6,10H,3-4,7H2,(H2,13,15)(H,14,17). The molecule has 1 atom stereocenters. The summed E-state index contributed by atoms with van der Waals surface area (Å²) in [6.45, 7) is 2.24. The molecule has 2 aromatic heterocycles. The van der Waals surface area contributed by atoms with Crippen molar-refractivity contribution < 1.29 is 4.79 Å². The number of anilines is 1. The molecule has 3 heterocycles. The number of thiophene rings is 1. The molecule has 7 heteroatoms. The molecule has 100 valence electrons. The van der Waals surface area contributed by atoms with Crippen molar-refractivity contribution in [1.29, 1.82) is 0 Å². The zero-order valence-electron chi connectivity index (χ0n) is 10.2. The van der Waals surface area contributed by atoms with E-state index < -0.39 is 0 Å². The third-order valence-corrected chi connectivity index (χ3v) is 4.79. The number of piperazine rings is 1. The van der Waals surface area contributed by atoms with Crippen molar-refractivity contribution in [3.8, 4) is 0 Å². The van der Waals surface area contributed by atoms with E-state index in [2.05, 4.69) is 15.2 Å². The van der Waals surface area contributed by atoms with Gasteiger partial charge in [-0.15, -0.1) is 22.7 Å². The monoisotopic (exact) mass is 294 g/mol. The molecule has 0 aliphatic carbocycles. The van der Waals surface area contributed by atoms with Crippen LogP contribution in [0.1, 0.15) is 15.8 Å². The number of carbonyl (C=O) groups excluding carboxylic acids is 1. The molecule has 1 unspecified atom stereocenters. The third-order valence-electron chi connectivity index (χ3n) is 3.05. The minimum absolute atomic E-state index is 0.0752. The maximum Gasteiger partial charge on any atom is 0.242 e. The summed E-state index contributed by atoms with van der Waals surface area (Å²) in [7, 11) is 0. The highest BCUT2D eigenvalue weighted by molar-refractivity contribution is 7.15. The number of thiazole rings is 1. The summed E-state index contributed by atoms with van der Waals surface area (Å²) in [6.07, 6.45) is 1.79. The highest BCUT2D eigenvalue weighted by Crippen LogP contribution is 2.29. The fourth-order valence-corrected chi connectivity index (χ4v) is 3.80. The van der Waals surface area contributed by atoms with Gasteiger partial charge < -0.3 is 11.1 Å². The molecule has 0 bridgehead atoms. The van der Waals surface area contributed by atoms with Crippen LogP contribution in [0.5, 0.6) is 0 Å². The smallest absolute Gasteiger partial charge is 0.242 e. The second kappa shape index (κ2) is 5.28. The van der Waals surface area contributed by atoms with E-state index in [9.17, 15) is 4.79 Å². The average molecular weight is 294 g/mol. The van der Waals surface area contributed by atoms with Gasteiger partial charge in [0.2, 0.25) is 5.91 Å². The molecule has 3 N–H and O–H groups in total. The quantitative estimate of drug-likeness (QED) is 0.899. The number of rotatable bonds is 3. The number of hydrogen-bond acceptors (Lipinski definition) is 6. The second-order valence-electron chi connectivity index (χ2n) is 4.34. The van der Waals surface area contributed by atoms with Gasteiger partial charge in [-0.1, -0.05) is 6.07 Å². The number of nitrogen functional groups attached to an aromatic ring is 1. The van der Waals surface area contributed by atoms with E-state index in [1.165, 1.54) is 11.3 Å². The Kier molecular flexibility index (Phi) is 3.50. The molecule has 0 saturated carbocycles. The van der Waals surface area contributed by atoms with Gasteiger partial charge >= 0.3 is 0 Å². The van der Waals surface area contributed by atoms with Gasteiger partial charge in [-0.2, -0.15) is 0 Å². The Bertz CT molecular complexity index is 566. The first-order valence-corrected chi connectivity index (χ1v) is 7.69. The van der Waals surface area contributed by atoms with Crippen molar-refractivity contribution in [2.24, 2.45) is 0 Å². The number of nitrogens with zero attached hydrogens (tertiary/aromatic N) is 2. The lowest BCUT2D eigenvalue weighted by Gasteiger charge is -2.33. The number of nitrogens with two attached hydrogens (primary N) is 1. The normalized spacial score (nSPS) is 20.4. The molecule has 2 aromatic rings. The second-order valence-corrected chi connectivity index (χ2v) is 6.47. The van der Waals surface area contributed by atoms with Crippen LogP contribution in [0.3, 0.4) is 0 Å². The summed E-state index contributed by atoms with van der Waals surface area (Å²) >= 11 is 3.09. The minimum atomic E-state index is -0.197. The van der Waals surface area contributed by atoms with Crippen LogP contribution >= 0.6 is 22.7 Å². The zero-order chi connectivity index (χ0) is 13.2. The van der Waals surface area contributed by atoms with E-state index in [0.717, 1.165) is 16.3 Å². The van der Waals surface area contributed by atoms with Crippen molar-refractivity contribution >= 4 is 33.7 Å². The number of carbonyl (C=O) groups is 1. The van der Waals surface area contributed by atoms with Crippen LogP contribution in [0.4, 0.5) is 5.13 Å². The summed E-state index contributed by atoms with van der Waals surface area (Å²) in [6, 6.07) is 3.79. The Labute approximate surface area is 119 Å². The summed E-state index contributed by atoms with van der Waals surface area (Å²) in [5.74, 6) is 0.0752. The number of hydrogen-bond donors (Lipinski definition) is 2. The van der Waals surface area contributed by atoms with Gasteiger partial charge in [0.15, 0.2) is 5.13 Å². The molecule has 3 rings (SSSR count). The lowest BCUT2D eigenvalue weighted by molar-refractivity contribution is -0.129. The van der Waals surface area contributed by atoms with Gasteiger partial charge in [-0.25, -0.2) is 4.98 Å². The topological polar surface area (TPSA) is 71.2 Å². The van der Waals surface area contributed by atoms with Gasteiger partial charge in [-0.3, -0.25) is 9.69 Å². The molecular weight excluding hydrogens is 280 g/mol. The van der Waals surface area contributed by atoms with Crippen molar-refractivity contribution in [1.82, 2.24) is 15.2 Å². The predicted molar refractivity (Wildman–Crippen MR) is 77.0 cm³/mol. The molecule has 0 aromatic carbocycles. The summed E-state index contributed by atoms with van der Waals surface area (Å²) < 4.78 is 0. The average Bonchev–Trinajstić information content (AvgIpc) is 3.01. The molecule has 1 fully saturated rings. The van der Waals surface area contributed by atoms with Gasteiger partial charge in [0.25, 0.3) is 0 Å². The molecule has 1 aliphatic rings. The van der Waals surface area contributed by atoms with Crippen molar-refractivity contribution in [2.75, 3.05) is 18.8 Å². The molecule has 0 radical (unpaired) electrons. The maximum absolute atomic E-state index is 12.1. The van der Waals surface area contributed by atoms with E-state index in [-0.39, 0.29) is 11.9 Å². The Morgan fingerprint density at radius 3 is 3.16 bits per heavy atom. The van der Waals surface area contributed by atoms with E-state index >= 15 is 0 Å². The molecule has 5 nitrogen and oxygen atoms in total. The van der Waals surface area contributed by atoms with Crippen molar-refractivity contribution in [3.63, 3.8) is 0 Å². The van der Waals surface area contributed by atoms with Crippen molar-refractivity contribution in [3.05, 3.63) is 33.5 Å². The number of amides is 1. The fraction of sp³-hybridized carbons (Fsp3) is 0.333. The Balaban J connectivity index is 1.83. The van der Waals surface area contributed by atoms with Gasteiger partial charge in [0, 0.05) is 35.6 Å². The van der Waals surface area contributed by atoms with E-state index in [1.54, 1.807) is 17.5 Å². The lowest BCUT2D eigenvalue weighted by atomic mass is 10.1. The summed E-state index contributed by atoms with van der Waals surface area (Å²) in [4.78, 5) is 20.5. The van der Waals surface area contributed by atoms with Crippen LogP contribution < -0.4 is 11.1 Å². The first-order chi connectivity index (χ1) is 9.24. The van der Waals surface area contributed by atoms with Crippen LogP contribution in [0.15, 0.2) is 23.7 Å². The largest absolute Gasteiger partial charge is 0.375 e. The summed E-state index contributed by atoms with van der Waals surface area (Å²) in [5, 5.41) is 5.50. The van der Waals surface area contributed by atoms with Crippen LogP contribution in [0.2, 0.25) is 0 Å². The number of aromatic nitrogens is 1. The molecule has 1 aliphatic heterocycles. The molecule has 0 spiro atoms. The van der Waals surface area contributed by atoms with E-state index in [4.69, 9.17) is 5.73 Å². The third kappa shape index (κ3) is 2.63. The lowest BCUT2D eigenvalue weighted by Crippen LogP contribution is -2.49. The minimum Gasteiger partial charge on any atom is -0.375 e. The van der Waals surface area contributed by atoms with E-state index in [0.29, 0.717) is 18.2 Å². The molecular formula is C12H14N4OS2. The zero-order valence-corrected chi connectivity index (χ0v) is 11.8. The fourth-order valence-electron chi connectivity index (χ4n) is 2.24. The van der Waals surface area contributed by atoms with Crippen LogP contribution in [-0.2, 0) is 11.3 Å². The van der Waals surface area contributed by atoms with Gasteiger partial charge in [-0.05, 0) is 11.4 Å². The Morgan fingerprint density at radius 2 is 2.47 bits per heavy atom. The van der Waals surface area contributed by atoms with Gasteiger partial charge in [0.1, 0.15) is 6.04 Å². The number of nitrogens with one attached hydrogen (secondary N) is 1. The van der Waals surface area contributed by atoms with Gasteiger partial charge in [0.05, 0.1) is 0 Å². The first kappa shape index (κ1) is 12.6. The SMILES string of the molecule is Nc1ncc(CN2CCNC(=O)C2c2cccs2)s1. The molecule has 1 saturated heterocycles. The predicted octanol–water partition coefficient (Wildman–Crippen LogP) is 1.46. The highest BCUT2D eigenvalue weighted by Gasteiger charge is 2.31. The Morgan fingerprint density at radius 1 is 1.58 bits per heavy atom. The Hall–Kier alpha value is -1.44. The molecule has 19 heavy (non-hydrogen) atoms. The maximum atomic E-state index is 12.1. The first-order valence-electron chi connectivity index (χ1n) is 5.99.